The summed E-state index contributed by atoms with van der Waals surface area (Å²) in [5.41, 5.74) is 4.23. The number of nitrogens with one attached hydrogen (secondary N) is 1. The van der Waals surface area contributed by atoms with Crippen LogP contribution in [-0.2, 0) is 21.1 Å². The van der Waals surface area contributed by atoms with Crippen molar-refractivity contribution >= 4 is 21.7 Å². The SMILES string of the molecule is CCCCC(CCc1ccc(C(=O)N[C@@H](CCS(C)(=O)=O)C(=O)O)c(-c2ccccc2C)c1)N(C)C1CCCCC1. The third-order valence-corrected chi connectivity index (χ3v) is 9.51. The molecule has 3 rings (SSSR count). The largest absolute Gasteiger partial charge is 0.480 e. The molecule has 0 aliphatic heterocycles. The maximum Gasteiger partial charge on any atom is 0.326 e. The van der Waals surface area contributed by atoms with Crippen LogP contribution >= 0.6 is 0 Å². The molecule has 1 unspecified atom stereocenters. The molecule has 226 valence electrons. The van der Waals surface area contributed by atoms with Crippen molar-refractivity contribution in [1.29, 1.82) is 0 Å². The average molecular weight is 585 g/mol. The summed E-state index contributed by atoms with van der Waals surface area (Å²) in [6.07, 6.45) is 12.9. The normalized spacial score (nSPS) is 15.9. The Morgan fingerprint density at radius 3 is 2.37 bits per heavy atom. The van der Waals surface area contributed by atoms with Crippen LogP contribution in [0.15, 0.2) is 42.5 Å². The highest BCUT2D eigenvalue weighted by atomic mass is 32.2. The van der Waals surface area contributed by atoms with E-state index in [1.165, 1.54) is 51.4 Å². The molecule has 0 heterocycles. The van der Waals surface area contributed by atoms with Gasteiger partial charge < -0.3 is 15.3 Å². The van der Waals surface area contributed by atoms with E-state index in [4.69, 9.17) is 0 Å². The Balaban J connectivity index is 1.86. The molecule has 1 amide bonds. The average Bonchev–Trinajstić information content (AvgIpc) is 2.95. The number of hydrogen-bond acceptors (Lipinski definition) is 5. The Kier molecular flexibility index (Phi) is 12.4. The standard InChI is InChI=1S/C33H48N2O5S/c1-5-6-13-27(35(3)26-14-8-7-9-15-26)19-17-25-18-20-29(30(23-25)28-16-11-10-12-24(28)2)32(36)34-31(33(37)38)21-22-41(4,39)40/h10-12,16,18,20,23,26-27,31H,5-9,13-15,17,19,21-22H2,1-4H3,(H,34,36)(H,37,38)/t27?,31-/m0/s1. The minimum atomic E-state index is -3.37. The van der Waals surface area contributed by atoms with Crippen LogP contribution in [0, 0.1) is 6.92 Å². The quantitative estimate of drug-likeness (QED) is 0.265. The molecule has 1 fully saturated rings. The molecule has 2 aromatic rings. The van der Waals surface area contributed by atoms with Gasteiger partial charge in [-0.1, -0.05) is 75.4 Å². The number of aliphatic carboxylic acids is 1. The van der Waals surface area contributed by atoms with E-state index >= 15 is 0 Å². The first-order valence-electron chi connectivity index (χ1n) is 15.1. The van der Waals surface area contributed by atoms with E-state index in [1.54, 1.807) is 6.07 Å². The van der Waals surface area contributed by atoms with Crippen molar-refractivity contribution in [2.45, 2.75) is 103 Å². The smallest absolute Gasteiger partial charge is 0.326 e. The predicted octanol–water partition coefficient (Wildman–Crippen LogP) is 6.04. The molecular weight excluding hydrogens is 536 g/mol. The van der Waals surface area contributed by atoms with E-state index in [-0.39, 0.29) is 12.2 Å². The second kappa shape index (κ2) is 15.5. The maximum absolute atomic E-state index is 13.4. The summed E-state index contributed by atoms with van der Waals surface area (Å²) in [5, 5.41) is 12.2. The minimum absolute atomic E-state index is 0.189. The number of carbonyl (C=O) groups is 2. The number of hydrogen-bond donors (Lipinski definition) is 2. The number of nitrogens with zero attached hydrogens (tertiary/aromatic N) is 1. The summed E-state index contributed by atoms with van der Waals surface area (Å²) >= 11 is 0. The van der Waals surface area contributed by atoms with Crippen LogP contribution in [-0.4, -0.2) is 67.5 Å². The van der Waals surface area contributed by atoms with Crippen molar-refractivity contribution in [1.82, 2.24) is 10.2 Å². The van der Waals surface area contributed by atoms with Gasteiger partial charge in [0.1, 0.15) is 15.9 Å². The van der Waals surface area contributed by atoms with E-state index in [9.17, 15) is 23.1 Å². The molecular formula is C33H48N2O5S. The molecule has 0 spiro atoms. The maximum atomic E-state index is 13.4. The lowest BCUT2D eigenvalue weighted by atomic mass is 9.90. The molecule has 41 heavy (non-hydrogen) atoms. The molecule has 0 bridgehead atoms. The fourth-order valence-corrected chi connectivity index (χ4v) is 6.64. The second-order valence-corrected chi connectivity index (χ2v) is 14.0. The molecule has 2 aromatic carbocycles. The number of amides is 1. The van der Waals surface area contributed by atoms with Gasteiger partial charge in [0.05, 0.1) is 5.75 Å². The number of carbonyl (C=O) groups excluding carboxylic acids is 1. The number of sulfone groups is 1. The third kappa shape index (κ3) is 9.96. The van der Waals surface area contributed by atoms with Crippen molar-refractivity contribution in [2.24, 2.45) is 0 Å². The van der Waals surface area contributed by atoms with Crippen LogP contribution in [0.2, 0.25) is 0 Å². The zero-order chi connectivity index (χ0) is 30.0. The van der Waals surface area contributed by atoms with Crippen molar-refractivity contribution in [3.8, 4) is 11.1 Å². The van der Waals surface area contributed by atoms with Gasteiger partial charge in [0.2, 0.25) is 0 Å². The molecule has 1 aliphatic rings. The van der Waals surface area contributed by atoms with Crippen molar-refractivity contribution in [2.75, 3.05) is 19.1 Å². The Labute approximate surface area is 246 Å². The highest BCUT2D eigenvalue weighted by molar-refractivity contribution is 7.90. The van der Waals surface area contributed by atoms with E-state index in [0.29, 0.717) is 17.6 Å². The first-order chi connectivity index (χ1) is 19.5. The van der Waals surface area contributed by atoms with Gasteiger partial charge in [-0.05, 0) is 80.8 Å². The number of aryl methyl sites for hydroxylation is 2. The molecule has 0 aromatic heterocycles. The summed E-state index contributed by atoms with van der Waals surface area (Å²) in [6.45, 7) is 4.24. The van der Waals surface area contributed by atoms with Gasteiger partial charge >= 0.3 is 5.97 Å². The highest BCUT2D eigenvalue weighted by Crippen LogP contribution is 2.30. The Bertz CT molecular complexity index is 1270. The first kappa shape index (κ1) is 32.8. The van der Waals surface area contributed by atoms with Gasteiger partial charge in [0.25, 0.3) is 5.91 Å². The van der Waals surface area contributed by atoms with Crippen LogP contribution in [0.5, 0.6) is 0 Å². The van der Waals surface area contributed by atoms with Crippen molar-refractivity contribution in [3.05, 3.63) is 59.2 Å². The van der Waals surface area contributed by atoms with Crippen molar-refractivity contribution in [3.63, 3.8) is 0 Å². The molecule has 0 saturated heterocycles. The summed E-state index contributed by atoms with van der Waals surface area (Å²) in [7, 11) is -1.07. The lowest BCUT2D eigenvalue weighted by molar-refractivity contribution is -0.139. The minimum Gasteiger partial charge on any atom is -0.480 e. The van der Waals surface area contributed by atoms with E-state index in [2.05, 4.69) is 30.3 Å². The molecule has 8 heteroatoms. The van der Waals surface area contributed by atoms with Gasteiger partial charge in [-0.2, -0.15) is 0 Å². The number of rotatable bonds is 15. The van der Waals surface area contributed by atoms with Gasteiger partial charge in [-0.25, -0.2) is 13.2 Å². The fourth-order valence-electron chi connectivity index (χ4n) is 5.98. The predicted molar refractivity (Wildman–Crippen MR) is 166 cm³/mol. The topological polar surface area (TPSA) is 104 Å². The zero-order valence-electron chi connectivity index (χ0n) is 25.2. The van der Waals surface area contributed by atoms with Gasteiger partial charge in [0, 0.05) is 23.9 Å². The van der Waals surface area contributed by atoms with Crippen molar-refractivity contribution < 1.29 is 23.1 Å². The van der Waals surface area contributed by atoms with E-state index in [0.717, 1.165) is 41.4 Å². The third-order valence-electron chi connectivity index (χ3n) is 8.53. The summed E-state index contributed by atoms with van der Waals surface area (Å²) in [4.78, 5) is 27.9. The highest BCUT2D eigenvalue weighted by Gasteiger charge is 2.26. The number of carboxylic acid groups (broad SMARTS) is 1. The zero-order valence-corrected chi connectivity index (χ0v) is 26.0. The number of benzene rings is 2. The van der Waals surface area contributed by atoms with Gasteiger partial charge in [0.15, 0.2) is 0 Å². The summed E-state index contributed by atoms with van der Waals surface area (Å²) < 4.78 is 23.2. The van der Waals surface area contributed by atoms with Gasteiger partial charge in [-0.15, -0.1) is 0 Å². The van der Waals surface area contributed by atoms with Gasteiger partial charge in [-0.3, -0.25) is 4.79 Å². The van der Waals surface area contributed by atoms with Crippen LogP contribution < -0.4 is 5.32 Å². The second-order valence-electron chi connectivity index (χ2n) is 11.8. The van der Waals surface area contributed by atoms with Crippen LogP contribution in [0.1, 0.15) is 92.6 Å². The summed E-state index contributed by atoms with van der Waals surface area (Å²) in [6, 6.07) is 13.6. The number of unbranched alkanes of at least 4 members (excludes halogenated alkanes) is 1. The molecule has 2 N–H and O–H groups in total. The molecule has 0 radical (unpaired) electrons. The van der Waals surface area contributed by atoms with Crippen LogP contribution in [0.3, 0.4) is 0 Å². The molecule has 1 saturated carbocycles. The van der Waals surface area contributed by atoms with E-state index in [1.807, 2.05) is 37.3 Å². The first-order valence-corrected chi connectivity index (χ1v) is 17.2. The fraction of sp³-hybridized carbons (Fsp3) is 0.576. The molecule has 7 nitrogen and oxygen atoms in total. The lowest BCUT2D eigenvalue weighted by Gasteiger charge is -2.37. The van der Waals surface area contributed by atoms with Crippen LogP contribution in [0.25, 0.3) is 11.1 Å². The number of carboxylic acids is 1. The monoisotopic (exact) mass is 584 g/mol. The lowest BCUT2D eigenvalue weighted by Crippen LogP contribution is -2.42. The van der Waals surface area contributed by atoms with E-state index < -0.39 is 27.8 Å². The molecule has 2 atom stereocenters. The summed E-state index contributed by atoms with van der Waals surface area (Å²) in [5.74, 6) is -2.09. The Morgan fingerprint density at radius 2 is 1.73 bits per heavy atom. The molecule has 1 aliphatic carbocycles. The Morgan fingerprint density at radius 1 is 1.02 bits per heavy atom. The Hall–Kier alpha value is -2.71. The van der Waals surface area contributed by atoms with Crippen LogP contribution in [0.4, 0.5) is 0 Å².